The van der Waals surface area contributed by atoms with E-state index >= 15 is 0 Å². The van der Waals surface area contributed by atoms with Crippen LogP contribution in [0, 0.1) is 17.1 Å². The standard InChI is InChI=1S/C13H17FN2S/c1-10(8-13(2,9-15)16-3)17-12-7-5-4-6-11(12)14/h4-7,10,16H,8H2,1-3H3. The van der Waals surface area contributed by atoms with Crippen LogP contribution in [0.4, 0.5) is 4.39 Å². The van der Waals surface area contributed by atoms with Crippen LogP contribution in [0.5, 0.6) is 0 Å². The van der Waals surface area contributed by atoms with E-state index in [0.717, 1.165) is 0 Å². The first-order chi connectivity index (χ1) is 8.00. The van der Waals surface area contributed by atoms with E-state index in [0.29, 0.717) is 11.3 Å². The zero-order valence-electron chi connectivity index (χ0n) is 10.3. The van der Waals surface area contributed by atoms with Crippen molar-refractivity contribution in [3.63, 3.8) is 0 Å². The number of hydrogen-bond acceptors (Lipinski definition) is 3. The second-order valence-electron chi connectivity index (χ2n) is 4.26. The summed E-state index contributed by atoms with van der Waals surface area (Å²) in [6.45, 7) is 3.86. The van der Waals surface area contributed by atoms with E-state index in [1.54, 1.807) is 19.2 Å². The van der Waals surface area contributed by atoms with Gasteiger partial charge in [-0.15, -0.1) is 11.8 Å². The summed E-state index contributed by atoms with van der Waals surface area (Å²) >= 11 is 1.46. The maximum atomic E-state index is 13.4. The quantitative estimate of drug-likeness (QED) is 0.817. The van der Waals surface area contributed by atoms with E-state index in [-0.39, 0.29) is 11.1 Å². The molecule has 17 heavy (non-hydrogen) atoms. The van der Waals surface area contributed by atoms with Gasteiger partial charge >= 0.3 is 0 Å². The molecule has 0 aliphatic rings. The van der Waals surface area contributed by atoms with E-state index in [1.165, 1.54) is 17.8 Å². The molecule has 1 aromatic rings. The lowest BCUT2D eigenvalue weighted by Gasteiger charge is -2.24. The predicted octanol–water partition coefficient (Wildman–Crippen LogP) is 3.20. The minimum Gasteiger partial charge on any atom is -0.303 e. The molecule has 0 spiro atoms. The summed E-state index contributed by atoms with van der Waals surface area (Å²) in [5, 5.41) is 12.2. The van der Waals surface area contributed by atoms with E-state index < -0.39 is 5.54 Å². The number of halogens is 1. The van der Waals surface area contributed by atoms with Gasteiger partial charge in [0.15, 0.2) is 0 Å². The molecule has 0 aromatic heterocycles. The summed E-state index contributed by atoms with van der Waals surface area (Å²) in [7, 11) is 1.77. The monoisotopic (exact) mass is 252 g/mol. The van der Waals surface area contributed by atoms with E-state index in [2.05, 4.69) is 11.4 Å². The lowest BCUT2D eigenvalue weighted by molar-refractivity contribution is 0.455. The molecule has 4 heteroatoms. The Morgan fingerprint density at radius 1 is 1.53 bits per heavy atom. The molecule has 0 amide bonds. The van der Waals surface area contributed by atoms with Crippen molar-refractivity contribution in [3.8, 4) is 6.07 Å². The Morgan fingerprint density at radius 3 is 2.71 bits per heavy atom. The van der Waals surface area contributed by atoms with Crippen LogP contribution in [0.15, 0.2) is 29.2 Å². The third kappa shape index (κ3) is 4.03. The van der Waals surface area contributed by atoms with Gasteiger partial charge in [-0.05, 0) is 32.5 Å². The highest BCUT2D eigenvalue weighted by Crippen LogP contribution is 2.30. The first kappa shape index (κ1) is 14.0. The highest BCUT2D eigenvalue weighted by atomic mass is 32.2. The Bertz CT molecular complexity index is 416. The highest BCUT2D eigenvalue weighted by molar-refractivity contribution is 8.00. The third-order valence-corrected chi connectivity index (χ3v) is 3.81. The second-order valence-corrected chi connectivity index (χ2v) is 5.74. The van der Waals surface area contributed by atoms with Crippen molar-refractivity contribution in [1.29, 1.82) is 5.26 Å². The van der Waals surface area contributed by atoms with Gasteiger partial charge in [0.05, 0.1) is 6.07 Å². The van der Waals surface area contributed by atoms with Crippen LogP contribution in [-0.4, -0.2) is 17.8 Å². The number of hydrogen-bond donors (Lipinski definition) is 1. The molecule has 2 unspecified atom stereocenters. The number of nitriles is 1. The Balaban J connectivity index is 2.65. The molecule has 2 atom stereocenters. The van der Waals surface area contributed by atoms with Gasteiger partial charge in [0, 0.05) is 10.1 Å². The molecule has 0 saturated carbocycles. The Morgan fingerprint density at radius 2 is 2.18 bits per heavy atom. The fraction of sp³-hybridized carbons (Fsp3) is 0.462. The van der Waals surface area contributed by atoms with Gasteiger partial charge < -0.3 is 5.32 Å². The van der Waals surface area contributed by atoms with Gasteiger partial charge in [-0.3, -0.25) is 0 Å². The van der Waals surface area contributed by atoms with Gasteiger partial charge in [0.2, 0.25) is 0 Å². The van der Waals surface area contributed by atoms with Crippen LogP contribution in [0.25, 0.3) is 0 Å². The Hall–Kier alpha value is -1.05. The molecular weight excluding hydrogens is 235 g/mol. The lowest BCUT2D eigenvalue weighted by Crippen LogP contribution is -2.40. The smallest absolute Gasteiger partial charge is 0.136 e. The zero-order chi connectivity index (χ0) is 12.9. The normalized spacial score (nSPS) is 15.9. The summed E-state index contributed by atoms with van der Waals surface area (Å²) in [4.78, 5) is 0.636. The van der Waals surface area contributed by atoms with Crippen molar-refractivity contribution in [1.82, 2.24) is 5.32 Å². The van der Waals surface area contributed by atoms with E-state index in [4.69, 9.17) is 5.26 Å². The van der Waals surface area contributed by atoms with Crippen LogP contribution in [0.2, 0.25) is 0 Å². The number of nitrogens with zero attached hydrogens (tertiary/aromatic N) is 1. The first-order valence-corrected chi connectivity index (χ1v) is 6.40. The molecule has 1 N–H and O–H groups in total. The van der Waals surface area contributed by atoms with Crippen molar-refractivity contribution >= 4 is 11.8 Å². The van der Waals surface area contributed by atoms with Crippen LogP contribution >= 0.6 is 11.8 Å². The summed E-state index contributed by atoms with van der Waals surface area (Å²) < 4.78 is 13.4. The van der Waals surface area contributed by atoms with Gasteiger partial charge in [-0.2, -0.15) is 5.26 Å². The largest absolute Gasteiger partial charge is 0.303 e. The van der Waals surface area contributed by atoms with Gasteiger partial charge in [0.1, 0.15) is 11.4 Å². The number of thioether (sulfide) groups is 1. The van der Waals surface area contributed by atoms with Crippen LogP contribution < -0.4 is 5.32 Å². The topological polar surface area (TPSA) is 35.8 Å². The highest BCUT2D eigenvalue weighted by Gasteiger charge is 2.24. The average Bonchev–Trinajstić information content (AvgIpc) is 2.32. The van der Waals surface area contributed by atoms with E-state index in [9.17, 15) is 4.39 Å². The summed E-state index contributed by atoms with van der Waals surface area (Å²) in [6, 6.07) is 8.96. The fourth-order valence-corrected chi connectivity index (χ4v) is 2.77. The van der Waals surface area contributed by atoms with Gasteiger partial charge in [-0.25, -0.2) is 4.39 Å². The third-order valence-electron chi connectivity index (χ3n) is 2.66. The van der Waals surface area contributed by atoms with Crippen molar-refractivity contribution in [2.24, 2.45) is 0 Å². The number of nitrogens with one attached hydrogen (secondary N) is 1. The Kier molecular flexibility index (Phi) is 4.98. The zero-order valence-corrected chi connectivity index (χ0v) is 11.1. The maximum Gasteiger partial charge on any atom is 0.136 e. The second kappa shape index (κ2) is 6.04. The van der Waals surface area contributed by atoms with Crippen molar-refractivity contribution in [2.45, 2.75) is 36.0 Å². The molecule has 0 heterocycles. The van der Waals surface area contributed by atoms with Gasteiger partial charge in [0.25, 0.3) is 0 Å². The minimum atomic E-state index is -0.558. The maximum absolute atomic E-state index is 13.4. The molecule has 0 fully saturated rings. The average molecular weight is 252 g/mol. The van der Waals surface area contributed by atoms with Gasteiger partial charge in [-0.1, -0.05) is 19.1 Å². The van der Waals surface area contributed by atoms with Crippen molar-refractivity contribution in [3.05, 3.63) is 30.1 Å². The molecule has 0 radical (unpaired) electrons. The molecule has 0 aliphatic heterocycles. The predicted molar refractivity (Wildman–Crippen MR) is 69.4 cm³/mol. The molecular formula is C13H17FN2S. The molecule has 92 valence electrons. The lowest BCUT2D eigenvalue weighted by atomic mass is 9.98. The molecule has 0 bridgehead atoms. The SMILES string of the molecule is CNC(C)(C#N)CC(C)Sc1ccccc1F. The van der Waals surface area contributed by atoms with Crippen LogP contribution in [-0.2, 0) is 0 Å². The molecule has 2 nitrogen and oxygen atoms in total. The van der Waals surface area contributed by atoms with Crippen LogP contribution in [0.1, 0.15) is 20.3 Å². The fourth-order valence-electron chi connectivity index (χ4n) is 1.58. The summed E-state index contributed by atoms with van der Waals surface area (Å²) in [5.41, 5.74) is -0.558. The first-order valence-electron chi connectivity index (χ1n) is 5.52. The molecule has 0 aliphatic carbocycles. The van der Waals surface area contributed by atoms with Crippen molar-refractivity contribution < 1.29 is 4.39 Å². The Labute approximate surface area is 106 Å². The summed E-state index contributed by atoms with van der Waals surface area (Å²) in [5.74, 6) is -0.201. The van der Waals surface area contributed by atoms with Crippen LogP contribution in [0.3, 0.4) is 0 Å². The van der Waals surface area contributed by atoms with E-state index in [1.807, 2.05) is 19.9 Å². The molecule has 1 rings (SSSR count). The number of rotatable bonds is 5. The number of benzene rings is 1. The summed E-state index contributed by atoms with van der Waals surface area (Å²) in [6.07, 6.45) is 0.666. The molecule has 1 aromatic carbocycles. The molecule has 0 saturated heterocycles. The minimum absolute atomic E-state index is 0.170. The van der Waals surface area contributed by atoms with Crippen molar-refractivity contribution in [2.75, 3.05) is 7.05 Å².